The van der Waals surface area contributed by atoms with Crippen LogP contribution in [-0.4, -0.2) is 16.6 Å². The van der Waals surface area contributed by atoms with Gasteiger partial charge in [-0.1, -0.05) is 13.3 Å². The molecule has 4 heteroatoms. The van der Waals surface area contributed by atoms with Gasteiger partial charge in [0.1, 0.15) is 10.4 Å². The van der Waals surface area contributed by atoms with Crippen LogP contribution in [-0.2, 0) is 0 Å². The van der Waals surface area contributed by atoms with Crippen molar-refractivity contribution in [2.45, 2.75) is 26.7 Å². The van der Waals surface area contributed by atoms with E-state index in [0.29, 0.717) is 5.88 Å². The lowest BCUT2D eigenvalue weighted by Crippen LogP contribution is -2.00. The van der Waals surface area contributed by atoms with Gasteiger partial charge >= 0.3 is 0 Å². The molecule has 0 aliphatic rings. The molecule has 0 N–H and O–H groups in total. The Labute approximate surface area is 86.7 Å². The van der Waals surface area contributed by atoms with E-state index in [2.05, 4.69) is 32.8 Å². The van der Waals surface area contributed by atoms with Crippen LogP contribution in [0.5, 0.6) is 5.88 Å². The van der Waals surface area contributed by atoms with Gasteiger partial charge in [-0.2, -0.15) is 4.98 Å². The molecule has 72 valence electrons. The number of aryl methyl sites for hydroxylation is 1. The molecule has 0 bridgehead atoms. The first kappa shape index (κ1) is 10.4. The Kier molecular flexibility index (Phi) is 4.15. The molecular weight excluding hydrogens is 232 g/mol. The van der Waals surface area contributed by atoms with Crippen LogP contribution in [0.15, 0.2) is 10.7 Å². The van der Waals surface area contributed by atoms with Gasteiger partial charge in [0.25, 0.3) is 0 Å². The zero-order chi connectivity index (χ0) is 9.68. The van der Waals surface area contributed by atoms with Gasteiger partial charge in [0, 0.05) is 6.07 Å². The van der Waals surface area contributed by atoms with Crippen LogP contribution < -0.4 is 4.74 Å². The molecule has 0 spiro atoms. The van der Waals surface area contributed by atoms with Crippen LogP contribution in [0.4, 0.5) is 0 Å². The number of ether oxygens (including phenoxy) is 1. The van der Waals surface area contributed by atoms with E-state index in [-0.39, 0.29) is 0 Å². The minimum Gasteiger partial charge on any atom is -0.478 e. The molecule has 13 heavy (non-hydrogen) atoms. The zero-order valence-electron chi connectivity index (χ0n) is 7.88. The van der Waals surface area contributed by atoms with Crippen LogP contribution in [0.2, 0.25) is 0 Å². The molecule has 1 heterocycles. The van der Waals surface area contributed by atoms with Gasteiger partial charge in [-0.25, -0.2) is 4.98 Å². The summed E-state index contributed by atoms with van der Waals surface area (Å²) in [7, 11) is 0. The fourth-order valence-corrected chi connectivity index (χ4v) is 1.35. The number of hydrogen-bond acceptors (Lipinski definition) is 3. The lowest BCUT2D eigenvalue weighted by molar-refractivity contribution is 0.296. The quantitative estimate of drug-likeness (QED) is 0.604. The number of hydrogen-bond donors (Lipinski definition) is 0. The van der Waals surface area contributed by atoms with Gasteiger partial charge in [-0.05, 0) is 29.3 Å². The molecular formula is C9H13BrN2O. The number of rotatable bonds is 4. The Morgan fingerprint density at radius 3 is 2.85 bits per heavy atom. The molecule has 0 amide bonds. The standard InChI is InChI=1S/C9H13BrN2O/c1-3-4-5-13-9-6-8(10)11-7(2)12-9/h6H,3-5H2,1-2H3. The van der Waals surface area contributed by atoms with E-state index in [4.69, 9.17) is 4.74 Å². The summed E-state index contributed by atoms with van der Waals surface area (Å²) in [6, 6.07) is 1.78. The van der Waals surface area contributed by atoms with E-state index < -0.39 is 0 Å². The molecule has 0 saturated heterocycles. The second-order valence-corrected chi connectivity index (χ2v) is 3.59. The van der Waals surface area contributed by atoms with Gasteiger partial charge in [-0.15, -0.1) is 0 Å². The third-order valence-corrected chi connectivity index (χ3v) is 1.94. The average Bonchev–Trinajstić information content (AvgIpc) is 2.03. The maximum atomic E-state index is 5.43. The summed E-state index contributed by atoms with van der Waals surface area (Å²) in [4.78, 5) is 8.23. The fourth-order valence-electron chi connectivity index (χ4n) is 0.901. The van der Waals surface area contributed by atoms with E-state index in [1.807, 2.05) is 6.92 Å². The SMILES string of the molecule is CCCCOc1cc(Br)nc(C)n1. The van der Waals surface area contributed by atoms with E-state index >= 15 is 0 Å². The Hall–Kier alpha value is -0.640. The second kappa shape index (κ2) is 5.17. The highest BCUT2D eigenvalue weighted by Gasteiger charge is 1.99. The molecule has 0 unspecified atom stereocenters. The van der Waals surface area contributed by atoms with Crippen molar-refractivity contribution in [1.82, 2.24) is 9.97 Å². The predicted molar refractivity (Wildman–Crippen MR) is 54.9 cm³/mol. The van der Waals surface area contributed by atoms with E-state index in [1.165, 1.54) is 0 Å². The van der Waals surface area contributed by atoms with Crippen molar-refractivity contribution in [3.8, 4) is 5.88 Å². The lowest BCUT2D eigenvalue weighted by atomic mass is 10.4. The van der Waals surface area contributed by atoms with E-state index in [1.54, 1.807) is 6.07 Å². The summed E-state index contributed by atoms with van der Waals surface area (Å²) >= 11 is 3.29. The van der Waals surface area contributed by atoms with Crippen molar-refractivity contribution in [1.29, 1.82) is 0 Å². The first-order valence-corrected chi connectivity index (χ1v) is 5.15. The topological polar surface area (TPSA) is 35.0 Å². The molecule has 1 rings (SSSR count). The Bertz CT molecular complexity index is 258. The Morgan fingerprint density at radius 2 is 2.23 bits per heavy atom. The molecule has 0 aromatic carbocycles. The summed E-state index contributed by atoms with van der Waals surface area (Å²) in [5, 5.41) is 0. The monoisotopic (exact) mass is 244 g/mol. The Balaban J connectivity index is 2.56. The highest BCUT2D eigenvalue weighted by Crippen LogP contribution is 2.13. The van der Waals surface area contributed by atoms with Gasteiger partial charge in [0.2, 0.25) is 5.88 Å². The molecule has 0 atom stereocenters. The molecule has 0 saturated carbocycles. The zero-order valence-corrected chi connectivity index (χ0v) is 9.47. The maximum absolute atomic E-state index is 5.43. The lowest BCUT2D eigenvalue weighted by Gasteiger charge is -2.04. The normalized spacial score (nSPS) is 10.1. The average molecular weight is 245 g/mol. The van der Waals surface area contributed by atoms with Crippen molar-refractivity contribution < 1.29 is 4.74 Å². The molecule has 1 aromatic heterocycles. The van der Waals surface area contributed by atoms with E-state index in [9.17, 15) is 0 Å². The third-order valence-electron chi connectivity index (χ3n) is 1.53. The largest absolute Gasteiger partial charge is 0.478 e. The van der Waals surface area contributed by atoms with Crippen LogP contribution in [0.1, 0.15) is 25.6 Å². The smallest absolute Gasteiger partial charge is 0.217 e. The van der Waals surface area contributed by atoms with Gasteiger partial charge in [-0.3, -0.25) is 0 Å². The van der Waals surface area contributed by atoms with Crippen molar-refractivity contribution in [3.05, 3.63) is 16.5 Å². The first-order chi connectivity index (χ1) is 6.22. The molecule has 3 nitrogen and oxygen atoms in total. The van der Waals surface area contributed by atoms with Crippen molar-refractivity contribution >= 4 is 15.9 Å². The molecule has 0 fully saturated rings. The summed E-state index contributed by atoms with van der Waals surface area (Å²) in [5.74, 6) is 1.37. The summed E-state index contributed by atoms with van der Waals surface area (Å²) in [6.45, 7) is 4.70. The maximum Gasteiger partial charge on any atom is 0.217 e. The van der Waals surface area contributed by atoms with Crippen molar-refractivity contribution in [2.75, 3.05) is 6.61 Å². The summed E-state index contributed by atoms with van der Waals surface area (Å²) in [6.07, 6.45) is 2.19. The van der Waals surface area contributed by atoms with Crippen LogP contribution >= 0.6 is 15.9 Å². The third kappa shape index (κ3) is 3.72. The van der Waals surface area contributed by atoms with E-state index in [0.717, 1.165) is 29.9 Å². The van der Waals surface area contributed by atoms with Crippen LogP contribution in [0, 0.1) is 6.92 Å². The van der Waals surface area contributed by atoms with Crippen LogP contribution in [0.3, 0.4) is 0 Å². The summed E-state index contributed by atoms with van der Waals surface area (Å²) < 4.78 is 6.20. The molecule has 0 radical (unpaired) electrons. The number of aromatic nitrogens is 2. The fraction of sp³-hybridized carbons (Fsp3) is 0.556. The number of nitrogens with zero attached hydrogens (tertiary/aromatic N) is 2. The Morgan fingerprint density at radius 1 is 1.46 bits per heavy atom. The molecule has 0 aliphatic heterocycles. The predicted octanol–water partition coefficient (Wildman–Crippen LogP) is 2.73. The van der Waals surface area contributed by atoms with Crippen molar-refractivity contribution in [3.63, 3.8) is 0 Å². The number of halogens is 1. The highest BCUT2D eigenvalue weighted by atomic mass is 79.9. The summed E-state index contributed by atoms with van der Waals surface area (Å²) in [5.41, 5.74) is 0. The van der Waals surface area contributed by atoms with Gasteiger partial charge in [0.05, 0.1) is 6.61 Å². The molecule has 1 aromatic rings. The second-order valence-electron chi connectivity index (χ2n) is 2.78. The van der Waals surface area contributed by atoms with Crippen LogP contribution in [0.25, 0.3) is 0 Å². The van der Waals surface area contributed by atoms with Gasteiger partial charge < -0.3 is 4.74 Å². The van der Waals surface area contributed by atoms with Crippen molar-refractivity contribution in [2.24, 2.45) is 0 Å². The highest BCUT2D eigenvalue weighted by molar-refractivity contribution is 9.10. The minimum absolute atomic E-state index is 0.646. The molecule has 0 aliphatic carbocycles. The minimum atomic E-state index is 0.646. The van der Waals surface area contributed by atoms with Gasteiger partial charge in [0.15, 0.2) is 0 Å². The number of unbranched alkanes of at least 4 members (excludes halogenated alkanes) is 1. The first-order valence-electron chi connectivity index (χ1n) is 4.36.